The second-order valence-electron chi connectivity index (χ2n) is 2.51. The molecule has 1 rings (SSSR count). The van der Waals surface area contributed by atoms with Crippen molar-refractivity contribution in [1.29, 1.82) is 0 Å². The molecule has 0 aliphatic rings. The van der Waals surface area contributed by atoms with Gasteiger partial charge < -0.3 is 9.72 Å². The molecule has 1 heterocycles. The Labute approximate surface area is 61.2 Å². The summed E-state index contributed by atoms with van der Waals surface area (Å²) in [4.78, 5) is 3.15. The van der Waals surface area contributed by atoms with Crippen molar-refractivity contribution in [3.63, 3.8) is 0 Å². The quantitative estimate of drug-likeness (QED) is 0.663. The molecule has 2 heteroatoms. The maximum atomic E-state index is 4.99. The lowest BCUT2D eigenvalue weighted by Gasteiger charge is -1.96. The Morgan fingerprint density at radius 3 is 2.60 bits per heavy atom. The molecule has 0 aromatic carbocycles. The van der Waals surface area contributed by atoms with E-state index in [1.165, 1.54) is 16.8 Å². The molecular weight excluding hydrogens is 126 g/mol. The molecule has 0 amide bonds. The fraction of sp³-hybridized carbons (Fsp3) is 0.500. The van der Waals surface area contributed by atoms with Crippen LogP contribution < -0.4 is 0 Å². The Morgan fingerprint density at radius 1 is 1.50 bits per heavy atom. The molecule has 2 nitrogen and oxygen atoms in total. The first-order chi connectivity index (χ1) is 4.75. The molecule has 0 aliphatic carbocycles. The van der Waals surface area contributed by atoms with Crippen molar-refractivity contribution in [2.45, 2.75) is 20.5 Å². The van der Waals surface area contributed by atoms with Gasteiger partial charge in [0.25, 0.3) is 0 Å². The third-order valence-corrected chi connectivity index (χ3v) is 1.80. The highest BCUT2D eigenvalue weighted by Crippen LogP contribution is 2.11. The number of hydrogen-bond donors (Lipinski definition) is 1. The van der Waals surface area contributed by atoms with Gasteiger partial charge in [-0.2, -0.15) is 0 Å². The van der Waals surface area contributed by atoms with Gasteiger partial charge in [-0.05, 0) is 25.0 Å². The summed E-state index contributed by atoms with van der Waals surface area (Å²) in [7, 11) is 1.70. The predicted molar refractivity (Wildman–Crippen MR) is 41.0 cm³/mol. The Hall–Kier alpha value is -0.760. The summed E-state index contributed by atoms with van der Waals surface area (Å²) in [5, 5.41) is 0. The van der Waals surface area contributed by atoms with Gasteiger partial charge in [-0.25, -0.2) is 0 Å². The number of hydrogen-bond acceptors (Lipinski definition) is 1. The number of aromatic amines is 1. The number of aromatic nitrogens is 1. The van der Waals surface area contributed by atoms with Crippen molar-refractivity contribution in [1.82, 2.24) is 4.98 Å². The predicted octanol–water partition coefficient (Wildman–Crippen LogP) is 1.78. The van der Waals surface area contributed by atoms with Crippen LogP contribution in [0.25, 0.3) is 0 Å². The fourth-order valence-corrected chi connectivity index (χ4v) is 0.944. The van der Waals surface area contributed by atoms with Crippen molar-refractivity contribution >= 4 is 0 Å². The van der Waals surface area contributed by atoms with Crippen LogP contribution in [-0.2, 0) is 11.3 Å². The zero-order valence-corrected chi connectivity index (χ0v) is 6.69. The lowest BCUT2D eigenvalue weighted by Crippen LogP contribution is -1.89. The topological polar surface area (TPSA) is 25.0 Å². The normalized spacial score (nSPS) is 10.3. The fourth-order valence-electron chi connectivity index (χ4n) is 0.944. The first-order valence-electron chi connectivity index (χ1n) is 3.38. The van der Waals surface area contributed by atoms with E-state index in [1.807, 2.05) is 6.20 Å². The Bertz CT molecular complexity index is 215. The van der Waals surface area contributed by atoms with E-state index in [4.69, 9.17) is 4.74 Å². The number of aryl methyl sites for hydroxylation is 1. The van der Waals surface area contributed by atoms with E-state index in [1.54, 1.807) is 7.11 Å². The van der Waals surface area contributed by atoms with Gasteiger partial charge in [-0.3, -0.25) is 0 Å². The molecule has 0 radical (unpaired) electrons. The molecule has 0 spiro atoms. The second-order valence-corrected chi connectivity index (χ2v) is 2.51. The number of H-pyrrole nitrogens is 1. The molecule has 0 bridgehead atoms. The standard InChI is InChI=1S/C8H13NO/c1-6-4-9-8(5-10-3)7(6)2/h4,9H,5H2,1-3H3. The highest BCUT2D eigenvalue weighted by molar-refractivity contribution is 5.27. The zero-order chi connectivity index (χ0) is 7.56. The van der Waals surface area contributed by atoms with Crippen LogP contribution in [0.4, 0.5) is 0 Å². The van der Waals surface area contributed by atoms with Gasteiger partial charge in [0.1, 0.15) is 0 Å². The average Bonchev–Trinajstić information content (AvgIpc) is 2.20. The van der Waals surface area contributed by atoms with Crippen LogP contribution in [-0.4, -0.2) is 12.1 Å². The lowest BCUT2D eigenvalue weighted by atomic mass is 10.2. The van der Waals surface area contributed by atoms with Crippen LogP contribution in [0.1, 0.15) is 16.8 Å². The first-order valence-corrected chi connectivity index (χ1v) is 3.38. The number of rotatable bonds is 2. The molecule has 1 N–H and O–H groups in total. The summed E-state index contributed by atoms with van der Waals surface area (Å²) in [6.07, 6.45) is 2.00. The van der Waals surface area contributed by atoms with Gasteiger partial charge in [0.05, 0.1) is 6.61 Å². The van der Waals surface area contributed by atoms with Crippen molar-refractivity contribution in [2.24, 2.45) is 0 Å². The minimum Gasteiger partial charge on any atom is -0.378 e. The average molecular weight is 139 g/mol. The van der Waals surface area contributed by atoms with Crippen molar-refractivity contribution in [2.75, 3.05) is 7.11 Å². The third kappa shape index (κ3) is 1.21. The SMILES string of the molecule is COCc1[nH]cc(C)c1C. The van der Waals surface area contributed by atoms with E-state index in [0.717, 1.165) is 0 Å². The summed E-state index contributed by atoms with van der Waals surface area (Å²) < 4.78 is 4.99. The molecule has 0 unspecified atom stereocenters. The molecular formula is C8H13NO. The summed E-state index contributed by atoms with van der Waals surface area (Å²) in [5.41, 5.74) is 3.79. The minimum atomic E-state index is 0.680. The van der Waals surface area contributed by atoms with Crippen LogP contribution in [0.5, 0.6) is 0 Å². The smallest absolute Gasteiger partial charge is 0.0864 e. The van der Waals surface area contributed by atoms with Crippen LogP contribution in [0, 0.1) is 13.8 Å². The molecule has 1 aromatic heterocycles. The van der Waals surface area contributed by atoms with E-state index < -0.39 is 0 Å². The van der Waals surface area contributed by atoms with E-state index in [2.05, 4.69) is 18.8 Å². The van der Waals surface area contributed by atoms with Crippen LogP contribution in [0.2, 0.25) is 0 Å². The second kappa shape index (κ2) is 2.88. The molecule has 0 fully saturated rings. The van der Waals surface area contributed by atoms with E-state index >= 15 is 0 Å². The number of ether oxygens (including phenoxy) is 1. The molecule has 1 aromatic rings. The van der Waals surface area contributed by atoms with Crippen molar-refractivity contribution in [3.05, 3.63) is 23.0 Å². The lowest BCUT2D eigenvalue weighted by molar-refractivity contribution is 0.181. The van der Waals surface area contributed by atoms with Gasteiger partial charge in [-0.15, -0.1) is 0 Å². The van der Waals surface area contributed by atoms with Crippen LogP contribution in [0.15, 0.2) is 6.20 Å². The van der Waals surface area contributed by atoms with Crippen LogP contribution in [0.3, 0.4) is 0 Å². The zero-order valence-electron chi connectivity index (χ0n) is 6.69. The van der Waals surface area contributed by atoms with E-state index in [9.17, 15) is 0 Å². The molecule has 0 saturated carbocycles. The molecule has 0 aliphatic heterocycles. The van der Waals surface area contributed by atoms with Gasteiger partial charge in [0, 0.05) is 19.0 Å². The Balaban J connectivity index is 2.83. The summed E-state index contributed by atoms with van der Waals surface area (Å²) >= 11 is 0. The number of methoxy groups -OCH3 is 1. The summed E-state index contributed by atoms with van der Waals surface area (Å²) in [5.74, 6) is 0. The van der Waals surface area contributed by atoms with Crippen molar-refractivity contribution < 1.29 is 4.74 Å². The Kier molecular flexibility index (Phi) is 2.12. The molecule has 0 atom stereocenters. The van der Waals surface area contributed by atoms with Crippen molar-refractivity contribution in [3.8, 4) is 0 Å². The molecule has 10 heavy (non-hydrogen) atoms. The van der Waals surface area contributed by atoms with E-state index in [0.29, 0.717) is 6.61 Å². The highest BCUT2D eigenvalue weighted by Gasteiger charge is 2.00. The van der Waals surface area contributed by atoms with Gasteiger partial charge >= 0.3 is 0 Å². The van der Waals surface area contributed by atoms with Crippen LogP contribution >= 0.6 is 0 Å². The maximum Gasteiger partial charge on any atom is 0.0864 e. The largest absolute Gasteiger partial charge is 0.378 e. The number of nitrogens with one attached hydrogen (secondary N) is 1. The molecule has 0 saturated heterocycles. The summed E-state index contributed by atoms with van der Waals surface area (Å²) in [6, 6.07) is 0. The van der Waals surface area contributed by atoms with Gasteiger partial charge in [0.2, 0.25) is 0 Å². The van der Waals surface area contributed by atoms with Gasteiger partial charge in [-0.1, -0.05) is 0 Å². The molecule has 56 valence electrons. The summed E-state index contributed by atoms with van der Waals surface area (Å²) in [6.45, 7) is 4.87. The van der Waals surface area contributed by atoms with E-state index in [-0.39, 0.29) is 0 Å². The van der Waals surface area contributed by atoms with Gasteiger partial charge in [0.15, 0.2) is 0 Å². The third-order valence-electron chi connectivity index (χ3n) is 1.80. The maximum absolute atomic E-state index is 4.99. The monoisotopic (exact) mass is 139 g/mol. The highest BCUT2D eigenvalue weighted by atomic mass is 16.5. The minimum absolute atomic E-state index is 0.680. The Morgan fingerprint density at radius 2 is 2.20 bits per heavy atom. The first kappa shape index (κ1) is 7.35.